The van der Waals surface area contributed by atoms with Crippen LogP contribution in [0.4, 0.5) is 0 Å². The minimum atomic E-state index is -0.981. The quantitative estimate of drug-likeness (QED) is 0.726. The highest BCUT2D eigenvalue weighted by atomic mass is 16.4. The largest absolute Gasteiger partial charge is 0.478 e. The van der Waals surface area contributed by atoms with Gasteiger partial charge in [0.05, 0.1) is 0 Å². The van der Waals surface area contributed by atoms with Crippen molar-refractivity contribution >= 4 is 5.97 Å². The van der Waals surface area contributed by atoms with E-state index >= 15 is 0 Å². The Morgan fingerprint density at radius 3 is 1.76 bits per heavy atom. The molecule has 0 amide bonds. The molecule has 0 unspecified atom stereocenters. The van der Waals surface area contributed by atoms with Crippen LogP contribution in [0, 0.1) is 23.2 Å². The zero-order valence-corrected chi connectivity index (χ0v) is 10.3. The fourth-order valence-corrected chi connectivity index (χ4v) is 4.48. The summed E-state index contributed by atoms with van der Waals surface area (Å²) in [5.74, 6) is 1.99. The average molecular weight is 238 g/mol. The highest BCUT2D eigenvalue weighted by Crippen LogP contribution is 2.59. The maximum atomic E-state index is 9.43. The van der Waals surface area contributed by atoms with Gasteiger partial charge in [0, 0.05) is 12.7 Å². The molecule has 0 aliphatic heterocycles. The lowest BCUT2D eigenvalue weighted by atomic mass is 9.50. The van der Waals surface area contributed by atoms with Crippen LogP contribution in [0.15, 0.2) is 12.7 Å². The molecule has 0 radical (unpaired) electrons. The molecule has 0 spiro atoms. The Morgan fingerprint density at radius 2 is 1.53 bits per heavy atom. The van der Waals surface area contributed by atoms with Gasteiger partial charge in [-0.1, -0.05) is 6.58 Å². The van der Waals surface area contributed by atoms with Crippen molar-refractivity contribution in [3.8, 4) is 0 Å². The summed E-state index contributed by atoms with van der Waals surface area (Å²) in [7, 11) is 0. The number of hydrogen-bond donors (Lipinski definition) is 2. The van der Waals surface area contributed by atoms with Crippen molar-refractivity contribution in [3.05, 3.63) is 12.7 Å². The Kier molecular flexibility index (Phi) is 3.57. The molecular weight excluding hydrogens is 216 g/mol. The molecule has 2 N–H and O–H groups in total. The van der Waals surface area contributed by atoms with E-state index in [2.05, 4.69) is 6.58 Å². The highest BCUT2D eigenvalue weighted by molar-refractivity contribution is 5.78. The van der Waals surface area contributed by atoms with Crippen LogP contribution in [-0.4, -0.2) is 22.8 Å². The predicted molar refractivity (Wildman–Crippen MR) is 65.5 cm³/mol. The summed E-state index contributed by atoms with van der Waals surface area (Å²) in [6, 6.07) is 0. The summed E-state index contributed by atoms with van der Waals surface area (Å²) in [4.78, 5) is 9.25. The number of rotatable bonds is 2. The average Bonchev–Trinajstić information content (AvgIpc) is 2.28. The van der Waals surface area contributed by atoms with Gasteiger partial charge in [-0.15, -0.1) is 0 Å². The minimum Gasteiger partial charge on any atom is -0.478 e. The van der Waals surface area contributed by atoms with Gasteiger partial charge < -0.3 is 10.2 Å². The number of aliphatic hydroxyl groups excluding tert-OH is 1. The van der Waals surface area contributed by atoms with Gasteiger partial charge in [-0.05, 0) is 61.7 Å². The molecule has 4 aliphatic carbocycles. The summed E-state index contributed by atoms with van der Waals surface area (Å²) >= 11 is 0. The molecular formula is C14H22O3. The topological polar surface area (TPSA) is 57.5 Å². The van der Waals surface area contributed by atoms with Crippen LogP contribution in [0.1, 0.15) is 38.5 Å². The second-order valence-corrected chi connectivity index (χ2v) is 6.12. The van der Waals surface area contributed by atoms with Gasteiger partial charge >= 0.3 is 5.97 Å². The number of hydrogen-bond acceptors (Lipinski definition) is 2. The normalized spacial score (nSPS) is 41.6. The number of carboxylic acid groups (broad SMARTS) is 1. The van der Waals surface area contributed by atoms with Crippen LogP contribution in [0.25, 0.3) is 0 Å². The van der Waals surface area contributed by atoms with E-state index in [1.165, 1.54) is 38.5 Å². The molecule has 4 rings (SSSR count). The summed E-state index contributed by atoms with van der Waals surface area (Å²) in [5.41, 5.74) is 0.398. The van der Waals surface area contributed by atoms with E-state index in [9.17, 15) is 9.90 Å². The van der Waals surface area contributed by atoms with Crippen molar-refractivity contribution in [1.82, 2.24) is 0 Å². The third kappa shape index (κ3) is 2.71. The molecule has 4 saturated carbocycles. The number of aliphatic carboxylic acids is 1. The van der Waals surface area contributed by atoms with Crippen molar-refractivity contribution in [2.24, 2.45) is 23.2 Å². The molecule has 0 aromatic rings. The Morgan fingerprint density at radius 1 is 1.18 bits per heavy atom. The third-order valence-corrected chi connectivity index (χ3v) is 4.68. The lowest BCUT2D eigenvalue weighted by molar-refractivity contribution is -0.131. The zero-order valence-electron chi connectivity index (χ0n) is 10.3. The first-order valence-corrected chi connectivity index (χ1v) is 6.53. The second-order valence-electron chi connectivity index (χ2n) is 6.12. The zero-order chi connectivity index (χ0) is 12.5. The predicted octanol–water partition coefficient (Wildman–Crippen LogP) is 2.45. The Balaban J connectivity index is 0.000000188. The van der Waals surface area contributed by atoms with E-state index in [0.29, 0.717) is 12.0 Å². The fraction of sp³-hybridized carbons (Fsp3) is 0.786. The van der Waals surface area contributed by atoms with Gasteiger partial charge in [0.2, 0.25) is 0 Å². The molecule has 96 valence electrons. The van der Waals surface area contributed by atoms with Crippen molar-refractivity contribution in [2.75, 3.05) is 6.61 Å². The second kappa shape index (κ2) is 4.81. The van der Waals surface area contributed by atoms with Crippen LogP contribution in [0.3, 0.4) is 0 Å². The standard InChI is InChI=1S/C11H18O.C3H4O2/c12-7-11-4-8-1-9(5-11)3-10(2-8)6-11;1-2-3(4)5/h8-10,12H,1-7H2;2H,1H2,(H,4,5). The van der Waals surface area contributed by atoms with Gasteiger partial charge in [-0.25, -0.2) is 4.79 Å². The maximum absolute atomic E-state index is 9.43. The molecule has 4 fully saturated rings. The lowest BCUT2D eigenvalue weighted by Crippen LogP contribution is -2.47. The molecule has 0 heterocycles. The molecule has 17 heavy (non-hydrogen) atoms. The summed E-state index contributed by atoms with van der Waals surface area (Å²) < 4.78 is 0. The molecule has 3 nitrogen and oxygen atoms in total. The van der Waals surface area contributed by atoms with Gasteiger partial charge in [0.1, 0.15) is 0 Å². The van der Waals surface area contributed by atoms with Crippen molar-refractivity contribution in [3.63, 3.8) is 0 Å². The van der Waals surface area contributed by atoms with Crippen LogP contribution >= 0.6 is 0 Å². The molecule has 0 saturated heterocycles. The monoisotopic (exact) mass is 238 g/mol. The van der Waals surface area contributed by atoms with E-state index in [0.717, 1.165) is 23.8 Å². The van der Waals surface area contributed by atoms with Crippen molar-refractivity contribution in [2.45, 2.75) is 38.5 Å². The van der Waals surface area contributed by atoms with Gasteiger partial charge in [0.25, 0.3) is 0 Å². The first kappa shape index (κ1) is 12.6. The molecule has 4 bridgehead atoms. The van der Waals surface area contributed by atoms with Crippen molar-refractivity contribution < 1.29 is 15.0 Å². The van der Waals surface area contributed by atoms with Gasteiger partial charge in [0.15, 0.2) is 0 Å². The fourth-order valence-electron chi connectivity index (χ4n) is 4.48. The first-order chi connectivity index (χ1) is 8.07. The molecule has 0 atom stereocenters. The molecule has 0 aromatic carbocycles. The van der Waals surface area contributed by atoms with E-state index in [1.807, 2.05) is 0 Å². The minimum absolute atomic E-state index is 0.398. The molecule has 3 heteroatoms. The maximum Gasteiger partial charge on any atom is 0.327 e. The number of aliphatic hydroxyl groups is 1. The number of carboxylic acids is 1. The Labute approximate surface area is 103 Å². The van der Waals surface area contributed by atoms with Crippen LogP contribution in [0.5, 0.6) is 0 Å². The smallest absolute Gasteiger partial charge is 0.327 e. The van der Waals surface area contributed by atoms with E-state index in [4.69, 9.17) is 5.11 Å². The first-order valence-electron chi connectivity index (χ1n) is 6.53. The van der Waals surface area contributed by atoms with Gasteiger partial charge in [-0.2, -0.15) is 0 Å². The summed E-state index contributed by atoms with van der Waals surface area (Å²) in [6.07, 6.45) is 9.32. The van der Waals surface area contributed by atoms with E-state index < -0.39 is 5.97 Å². The SMILES string of the molecule is C=CC(=O)O.OCC12CC3CC(CC(C3)C1)C2. The van der Waals surface area contributed by atoms with Crippen LogP contribution < -0.4 is 0 Å². The van der Waals surface area contributed by atoms with Crippen LogP contribution in [-0.2, 0) is 4.79 Å². The number of carbonyl (C=O) groups is 1. The summed E-state index contributed by atoms with van der Waals surface area (Å²) in [5, 5.41) is 17.0. The van der Waals surface area contributed by atoms with Gasteiger partial charge in [-0.3, -0.25) is 0 Å². The lowest BCUT2D eigenvalue weighted by Gasteiger charge is -2.56. The summed E-state index contributed by atoms with van der Waals surface area (Å²) in [6.45, 7) is 3.43. The highest BCUT2D eigenvalue weighted by Gasteiger charge is 2.50. The molecule has 4 aliphatic rings. The third-order valence-electron chi connectivity index (χ3n) is 4.68. The molecule has 0 aromatic heterocycles. The van der Waals surface area contributed by atoms with Crippen molar-refractivity contribution in [1.29, 1.82) is 0 Å². The Hall–Kier alpha value is -0.830. The van der Waals surface area contributed by atoms with Crippen LogP contribution in [0.2, 0.25) is 0 Å². The van der Waals surface area contributed by atoms with E-state index in [-0.39, 0.29) is 0 Å². The Bertz CT molecular complexity index is 273. The van der Waals surface area contributed by atoms with E-state index in [1.54, 1.807) is 0 Å².